The smallest absolute Gasteiger partial charge is 0.363 e. The van der Waals surface area contributed by atoms with Gasteiger partial charge in [-0.05, 0) is 40.8 Å². The fraction of sp³-hybridized carbons (Fsp3) is 0.143. The summed E-state index contributed by atoms with van der Waals surface area (Å²) in [5.41, 5.74) is 3.12. The lowest BCUT2D eigenvalue weighted by Crippen LogP contribution is -2.01. The fourth-order valence-electron chi connectivity index (χ4n) is 2.44. The summed E-state index contributed by atoms with van der Waals surface area (Å²) >= 11 is 12.1. The van der Waals surface area contributed by atoms with Crippen LogP contribution in [-0.2, 0) is 9.53 Å². The van der Waals surface area contributed by atoms with E-state index in [1.54, 1.807) is 30.4 Å². The van der Waals surface area contributed by atoms with Crippen LogP contribution >= 0.6 is 23.2 Å². The van der Waals surface area contributed by atoms with Crippen LogP contribution in [-0.4, -0.2) is 11.9 Å². The van der Waals surface area contributed by atoms with Crippen LogP contribution in [0, 0.1) is 0 Å². The summed E-state index contributed by atoms with van der Waals surface area (Å²) in [7, 11) is 0. The number of esters is 1. The summed E-state index contributed by atoms with van der Waals surface area (Å²) in [6.07, 6.45) is 5.01. The monoisotopic (exact) mass is 385 g/mol. The summed E-state index contributed by atoms with van der Waals surface area (Å²) in [4.78, 5) is 16.2. The first-order valence-electron chi connectivity index (χ1n) is 8.18. The largest absolute Gasteiger partial charge is 0.403 e. The highest BCUT2D eigenvalue weighted by Gasteiger charge is 2.21. The van der Waals surface area contributed by atoms with Crippen molar-refractivity contribution >= 4 is 47.2 Å². The van der Waals surface area contributed by atoms with Gasteiger partial charge in [0, 0.05) is 6.08 Å². The first-order chi connectivity index (χ1) is 12.4. The summed E-state index contributed by atoms with van der Waals surface area (Å²) in [5.74, 6) is 0.201. The van der Waals surface area contributed by atoms with Crippen molar-refractivity contribution in [3.63, 3.8) is 0 Å². The van der Waals surface area contributed by atoms with Crippen LogP contribution in [0.5, 0.6) is 0 Å². The molecule has 5 heteroatoms. The number of ether oxygens (including phenoxy) is 1. The summed E-state index contributed by atoms with van der Waals surface area (Å²) in [6, 6.07) is 13.3. The lowest BCUT2D eigenvalue weighted by atomic mass is 10.0. The van der Waals surface area contributed by atoms with Crippen LogP contribution < -0.4 is 0 Å². The molecule has 2 aromatic rings. The predicted octanol–water partition coefficient (Wildman–Crippen LogP) is 6.13. The van der Waals surface area contributed by atoms with Crippen molar-refractivity contribution in [2.75, 3.05) is 0 Å². The third-order valence-corrected chi connectivity index (χ3v) is 4.76. The molecule has 0 spiro atoms. The Labute approximate surface area is 162 Å². The van der Waals surface area contributed by atoms with E-state index in [4.69, 9.17) is 27.9 Å². The second kappa shape index (κ2) is 7.90. The third kappa shape index (κ3) is 4.24. The topological polar surface area (TPSA) is 38.7 Å². The van der Waals surface area contributed by atoms with Crippen molar-refractivity contribution in [2.24, 2.45) is 4.99 Å². The lowest BCUT2D eigenvalue weighted by molar-refractivity contribution is -0.129. The average molecular weight is 386 g/mol. The Bertz CT molecular complexity index is 926. The van der Waals surface area contributed by atoms with E-state index in [-0.39, 0.29) is 11.6 Å². The maximum absolute atomic E-state index is 12.0. The minimum Gasteiger partial charge on any atom is -0.403 e. The summed E-state index contributed by atoms with van der Waals surface area (Å²) < 4.78 is 5.18. The number of benzene rings is 2. The second-order valence-corrected chi connectivity index (χ2v) is 6.95. The lowest BCUT2D eigenvalue weighted by Gasteiger charge is -2.04. The highest BCUT2D eigenvalue weighted by molar-refractivity contribution is 6.42. The quantitative estimate of drug-likeness (QED) is 0.469. The van der Waals surface area contributed by atoms with Crippen molar-refractivity contribution in [1.82, 2.24) is 0 Å². The molecule has 132 valence electrons. The van der Waals surface area contributed by atoms with Crippen molar-refractivity contribution in [3.05, 3.63) is 81.0 Å². The van der Waals surface area contributed by atoms with E-state index in [0.29, 0.717) is 16.0 Å². The molecule has 0 aromatic heterocycles. The van der Waals surface area contributed by atoms with E-state index in [0.717, 1.165) is 11.1 Å². The molecule has 1 aliphatic heterocycles. The molecule has 1 heterocycles. The molecule has 1 aliphatic rings. The number of halogens is 2. The number of carbonyl (C=O) groups excluding carboxylic acids is 1. The second-order valence-electron chi connectivity index (χ2n) is 6.17. The van der Waals surface area contributed by atoms with Gasteiger partial charge in [0.1, 0.15) is 0 Å². The number of carbonyl (C=O) groups is 1. The molecule has 2 aromatic carbocycles. The van der Waals surface area contributed by atoms with E-state index in [1.807, 2.05) is 30.3 Å². The molecular formula is C21H17Cl2NO2. The van der Waals surface area contributed by atoms with Gasteiger partial charge in [-0.15, -0.1) is 0 Å². The number of rotatable bonds is 4. The molecule has 0 saturated heterocycles. The number of nitrogens with zero attached hydrogens (tertiary/aromatic N) is 1. The van der Waals surface area contributed by atoms with Crippen molar-refractivity contribution in [1.29, 1.82) is 0 Å². The molecule has 0 N–H and O–H groups in total. The highest BCUT2D eigenvalue weighted by Crippen LogP contribution is 2.27. The van der Waals surface area contributed by atoms with Gasteiger partial charge in [-0.3, -0.25) is 0 Å². The van der Waals surface area contributed by atoms with E-state index in [2.05, 4.69) is 18.8 Å². The van der Waals surface area contributed by atoms with Gasteiger partial charge in [0.05, 0.1) is 10.0 Å². The first kappa shape index (κ1) is 18.4. The zero-order chi connectivity index (χ0) is 18.7. The third-order valence-electron chi connectivity index (χ3n) is 3.93. The SMILES string of the molecule is CC(C)c1ccc(/C=C2N=C(/C=C/c3cccc(Cl)c3Cl)OC\2=O)cc1. The average Bonchev–Trinajstić information content (AvgIpc) is 2.96. The van der Waals surface area contributed by atoms with Crippen molar-refractivity contribution in [3.8, 4) is 0 Å². The number of aliphatic imine (C=N–C) groups is 1. The molecule has 3 nitrogen and oxygen atoms in total. The number of cyclic esters (lactones) is 1. The van der Waals surface area contributed by atoms with Crippen molar-refractivity contribution in [2.45, 2.75) is 19.8 Å². The summed E-state index contributed by atoms with van der Waals surface area (Å²) in [5, 5.41) is 0.904. The molecule has 0 atom stereocenters. The van der Waals surface area contributed by atoms with Gasteiger partial charge in [0.25, 0.3) is 0 Å². The molecule has 3 rings (SSSR count). The van der Waals surface area contributed by atoms with Gasteiger partial charge in [-0.25, -0.2) is 9.79 Å². The molecule has 0 fully saturated rings. The van der Waals surface area contributed by atoms with Gasteiger partial charge in [0.2, 0.25) is 5.90 Å². The Morgan fingerprint density at radius 2 is 1.77 bits per heavy atom. The predicted molar refractivity (Wildman–Crippen MR) is 108 cm³/mol. The zero-order valence-corrected chi connectivity index (χ0v) is 15.9. The zero-order valence-electron chi connectivity index (χ0n) is 14.4. The summed E-state index contributed by atoms with van der Waals surface area (Å²) in [6.45, 7) is 4.27. The Morgan fingerprint density at radius 3 is 2.46 bits per heavy atom. The number of hydrogen-bond donors (Lipinski definition) is 0. The maximum Gasteiger partial charge on any atom is 0.363 e. The van der Waals surface area contributed by atoms with E-state index in [1.165, 1.54) is 5.56 Å². The van der Waals surface area contributed by atoms with E-state index in [9.17, 15) is 4.79 Å². The normalized spacial score (nSPS) is 15.8. The molecule has 26 heavy (non-hydrogen) atoms. The van der Waals surface area contributed by atoms with Gasteiger partial charge < -0.3 is 4.74 Å². The Hall–Kier alpha value is -2.36. The van der Waals surface area contributed by atoms with Gasteiger partial charge in [-0.2, -0.15) is 0 Å². The molecule has 0 radical (unpaired) electrons. The van der Waals surface area contributed by atoms with Crippen molar-refractivity contribution < 1.29 is 9.53 Å². The molecule has 0 saturated carbocycles. The van der Waals surface area contributed by atoms with E-state index < -0.39 is 5.97 Å². The molecule has 0 unspecified atom stereocenters. The fourth-order valence-corrected chi connectivity index (χ4v) is 2.81. The minimum atomic E-state index is -0.477. The van der Waals surface area contributed by atoms with Gasteiger partial charge >= 0.3 is 5.97 Å². The van der Waals surface area contributed by atoms with Crippen LogP contribution in [0.1, 0.15) is 36.5 Å². The van der Waals surface area contributed by atoms with Crippen LogP contribution in [0.2, 0.25) is 10.0 Å². The number of hydrogen-bond acceptors (Lipinski definition) is 3. The van der Waals surface area contributed by atoms with Gasteiger partial charge in [-0.1, -0.05) is 73.4 Å². The molecule has 0 aliphatic carbocycles. The van der Waals surface area contributed by atoms with E-state index >= 15 is 0 Å². The van der Waals surface area contributed by atoms with Crippen LogP contribution in [0.15, 0.2) is 59.2 Å². The molecular weight excluding hydrogens is 369 g/mol. The van der Waals surface area contributed by atoms with Crippen LogP contribution in [0.25, 0.3) is 12.2 Å². The minimum absolute atomic E-state index is 0.219. The molecule has 0 amide bonds. The Morgan fingerprint density at radius 1 is 1.04 bits per heavy atom. The highest BCUT2D eigenvalue weighted by atomic mass is 35.5. The standard InChI is InChI=1S/C21H17Cl2NO2/c1-13(2)15-8-6-14(7-9-15)12-18-21(25)26-19(24-18)11-10-16-4-3-5-17(22)20(16)23/h3-13H,1-2H3/b11-10+,18-12-. The molecule has 0 bridgehead atoms. The maximum atomic E-state index is 12.0. The first-order valence-corrected chi connectivity index (χ1v) is 8.94. The Kier molecular flexibility index (Phi) is 5.60. The van der Waals surface area contributed by atoms with Crippen LogP contribution in [0.4, 0.5) is 0 Å². The van der Waals surface area contributed by atoms with Crippen LogP contribution in [0.3, 0.4) is 0 Å². The van der Waals surface area contributed by atoms with Gasteiger partial charge in [0.15, 0.2) is 5.70 Å². The Balaban J connectivity index is 1.80.